The van der Waals surface area contributed by atoms with Crippen molar-refractivity contribution < 1.29 is 4.79 Å². The summed E-state index contributed by atoms with van der Waals surface area (Å²) in [5.74, 6) is 0.486. The molecule has 3 rings (SSSR count). The molecule has 0 aromatic carbocycles. The van der Waals surface area contributed by atoms with E-state index in [4.69, 9.17) is 5.73 Å². The van der Waals surface area contributed by atoms with Crippen molar-refractivity contribution >= 4 is 21.8 Å². The van der Waals surface area contributed by atoms with Gasteiger partial charge < -0.3 is 15.6 Å². The standard InChI is InChI=1S/C14H20BrN3O/c15-10-6-13(18(8-10)11-4-5-11)14(19)17-12-3-1-2-9(12)7-16/h6,8-9,11-12H,1-5,7,16H2,(H,17,19). The summed E-state index contributed by atoms with van der Waals surface area (Å²) in [5.41, 5.74) is 6.54. The van der Waals surface area contributed by atoms with Crippen molar-refractivity contribution in [2.24, 2.45) is 11.7 Å². The van der Waals surface area contributed by atoms with Crippen LogP contribution in [0.5, 0.6) is 0 Å². The fraction of sp³-hybridized carbons (Fsp3) is 0.643. The van der Waals surface area contributed by atoms with E-state index in [9.17, 15) is 4.79 Å². The smallest absolute Gasteiger partial charge is 0.268 e. The van der Waals surface area contributed by atoms with Gasteiger partial charge in [-0.25, -0.2) is 0 Å². The lowest BCUT2D eigenvalue weighted by Gasteiger charge is -2.20. The van der Waals surface area contributed by atoms with Gasteiger partial charge in [0.2, 0.25) is 0 Å². The number of nitrogens with two attached hydrogens (primary N) is 1. The minimum atomic E-state index is 0.0444. The molecule has 0 spiro atoms. The van der Waals surface area contributed by atoms with E-state index in [0.717, 1.165) is 23.0 Å². The lowest BCUT2D eigenvalue weighted by molar-refractivity contribution is 0.0919. The number of carbonyl (C=O) groups excluding carboxylic acids is 1. The van der Waals surface area contributed by atoms with Gasteiger partial charge in [-0.15, -0.1) is 0 Å². The molecule has 0 saturated heterocycles. The van der Waals surface area contributed by atoms with Gasteiger partial charge in [0.05, 0.1) is 0 Å². The summed E-state index contributed by atoms with van der Waals surface area (Å²) < 4.78 is 3.08. The van der Waals surface area contributed by atoms with Gasteiger partial charge in [0.15, 0.2) is 0 Å². The van der Waals surface area contributed by atoms with Gasteiger partial charge in [0.1, 0.15) is 5.69 Å². The number of aromatic nitrogens is 1. The molecular formula is C14H20BrN3O. The molecule has 1 heterocycles. The summed E-state index contributed by atoms with van der Waals surface area (Å²) in [7, 11) is 0. The molecule has 1 aromatic rings. The van der Waals surface area contributed by atoms with Crippen LogP contribution in [0, 0.1) is 5.92 Å². The van der Waals surface area contributed by atoms with Crippen molar-refractivity contribution in [2.75, 3.05) is 6.54 Å². The SMILES string of the molecule is NCC1CCCC1NC(=O)c1cc(Br)cn1C1CC1. The Morgan fingerprint density at radius 2 is 2.21 bits per heavy atom. The van der Waals surface area contributed by atoms with Crippen LogP contribution in [0.15, 0.2) is 16.7 Å². The molecule has 19 heavy (non-hydrogen) atoms. The Balaban J connectivity index is 1.73. The zero-order chi connectivity index (χ0) is 13.4. The Bertz CT molecular complexity index is 481. The van der Waals surface area contributed by atoms with Crippen molar-refractivity contribution in [3.63, 3.8) is 0 Å². The molecule has 2 aliphatic rings. The van der Waals surface area contributed by atoms with Crippen molar-refractivity contribution in [3.05, 3.63) is 22.4 Å². The highest BCUT2D eigenvalue weighted by molar-refractivity contribution is 9.10. The highest BCUT2D eigenvalue weighted by Crippen LogP contribution is 2.37. The van der Waals surface area contributed by atoms with E-state index in [1.54, 1.807) is 0 Å². The normalized spacial score (nSPS) is 26.6. The van der Waals surface area contributed by atoms with Gasteiger partial charge in [0, 0.05) is 22.8 Å². The highest BCUT2D eigenvalue weighted by atomic mass is 79.9. The van der Waals surface area contributed by atoms with E-state index in [1.807, 2.05) is 12.3 Å². The fourth-order valence-corrected chi connectivity index (χ4v) is 3.47. The van der Waals surface area contributed by atoms with Crippen molar-refractivity contribution in [1.29, 1.82) is 0 Å². The second-order valence-electron chi connectivity index (χ2n) is 5.69. The molecule has 5 heteroatoms. The van der Waals surface area contributed by atoms with Crippen LogP contribution >= 0.6 is 15.9 Å². The lowest BCUT2D eigenvalue weighted by atomic mass is 10.0. The zero-order valence-electron chi connectivity index (χ0n) is 10.9. The average molecular weight is 326 g/mol. The van der Waals surface area contributed by atoms with Crippen LogP contribution in [0.4, 0.5) is 0 Å². The Labute approximate surface area is 121 Å². The minimum Gasteiger partial charge on any atom is -0.348 e. The molecule has 2 aliphatic carbocycles. The molecular weight excluding hydrogens is 306 g/mol. The number of hydrogen-bond acceptors (Lipinski definition) is 2. The highest BCUT2D eigenvalue weighted by Gasteiger charge is 2.31. The molecule has 1 amide bonds. The van der Waals surface area contributed by atoms with E-state index in [0.29, 0.717) is 18.5 Å². The Morgan fingerprint density at radius 1 is 1.42 bits per heavy atom. The van der Waals surface area contributed by atoms with Gasteiger partial charge in [-0.3, -0.25) is 4.79 Å². The fourth-order valence-electron chi connectivity index (χ4n) is 3.03. The molecule has 1 aromatic heterocycles. The summed E-state index contributed by atoms with van der Waals surface area (Å²) in [6, 6.07) is 2.68. The first-order valence-electron chi connectivity index (χ1n) is 7.07. The minimum absolute atomic E-state index is 0.0444. The first-order chi connectivity index (χ1) is 9.19. The number of rotatable bonds is 4. The van der Waals surface area contributed by atoms with Crippen molar-refractivity contribution in [1.82, 2.24) is 9.88 Å². The third kappa shape index (κ3) is 2.72. The molecule has 2 fully saturated rings. The quantitative estimate of drug-likeness (QED) is 0.893. The number of halogens is 1. The molecule has 104 valence electrons. The summed E-state index contributed by atoms with van der Waals surface area (Å²) >= 11 is 3.46. The largest absolute Gasteiger partial charge is 0.348 e. The molecule has 4 nitrogen and oxygen atoms in total. The van der Waals surface area contributed by atoms with Crippen LogP contribution in [-0.2, 0) is 0 Å². The van der Waals surface area contributed by atoms with Crippen LogP contribution in [0.1, 0.15) is 48.6 Å². The Kier molecular flexibility index (Phi) is 3.67. The second-order valence-corrected chi connectivity index (χ2v) is 6.60. The Hall–Kier alpha value is -0.810. The third-order valence-electron chi connectivity index (χ3n) is 4.27. The van der Waals surface area contributed by atoms with Gasteiger partial charge >= 0.3 is 0 Å². The van der Waals surface area contributed by atoms with E-state index < -0.39 is 0 Å². The topological polar surface area (TPSA) is 60.0 Å². The number of carbonyl (C=O) groups is 1. The van der Waals surface area contributed by atoms with E-state index in [1.165, 1.54) is 19.3 Å². The number of hydrogen-bond donors (Lipinski definition) is 2. The predicted octanol–water partition coefficient (Wildman–Crippen LogP) is 2.44. The number of nitrogens with one attached hydrogen (secondary N) is 1. The van der Waals surface area contributed by atoms with Crippen LogP contribution in [0.25, 0.3) is 0 Å². The molecule has 2 atom stereocenters. The number of nitrogens with zero attached hydrogens (tertiary/aromatic N) is 1. The van der Waals surface area contributed by atoms with Crippen LogP contribution in [-0.4, -0.2) is 23.1 Å². The van der Waals surface area contributed by atoms with Crippen LogP contribution in [0.3, 0.4) is 0 Å². The van der Waals surface area contributed by atoms with Crippen LogP contribution in [0.2, 0.25) is 0 Å². The van der Waals surface area contributed by atoms with Gasteiger partial charge in [-0.05, 0) is 60.1 Å². The van der Waals surface area contributed by atoms with Crippen molar-refractivity contribution in [3.8, 4) is 0 Å². The third-order valence-corrected chi connectivity index (χ3v) is 4.70. The zero-order valence-corrected chi connectivity index (χ0v) is 12.5. The predicted molar refractivity (Wildman–Crippen MR) is 78.1 cm³/mol. The molecule has 2 unspecified atom stereocenters. The molecule has 3 N–H and O–H groups in total. The summed E-state index contributed by atoms with van der Waals surface area (Å²) in [6.07, 6.45) is 7.72. The van der Waals surface area contributed by atoms with E-state index in [2.05, 4.69) is 25.8 Å². The summed E-state index contributed by atoms with van der Waals surface area (Å²) in [6.45, 7) is 0.665. The van der Waals surface area contributed by atoms with Crippen molar-refractivity contribution in [2.45, 2.75) is 44.2 Å². The van der Waals surface area contributed by atoms with E-state index >= 15 is 0 Å². The van der Waals surface area contributed by atoms with Crippen LogP contribution < -0.4 is 11.1 Å². The maximum atomic E-state index is 12.4. The first kappa shape index (κ1) is 13.2. The first-order valence-corrected chi connectivity index (χ1v) is 7.86. The van der Waals surface area contributed by atoms with Gasteiger partial charge in [-0.1, -0.05) is 6.42 Å². The molecule has 0 bridgehead atoms. The average Bonchev–Trinajstić information content (AvgIpc) is 3.02. The molecule has 0 radical (unpaired) electrons. The van der Waals surface area contributed by atoms with Gasteiger partial charge in [0.25, 0.3) is 5.91 Å². The van der Waals surface area contributed by atoms with E-state index in [-0.39, 0.29) is 11.9 Å². The second kappa shape index (κ2) is 5.29. The number of amides is 1. The monoisotopic (exact) mass is 325 g/mol. The maximum absolute atomic E-state index is 12.4. The summed E-state index contributed by atoms with van der Waals surface area (Å²) in [5, 5.41) is 3.17. The van der Waals surface area contributed by atoms with Gasteiger partial charge in [-0.2, -0.15) is 0 Å². The maximum Gasteiger partial charge on any atom is 0.268 e. The lowest BCUT2D eigenvalue weighted by Crippen LogP contribution is -2.40. The molecule has 2 saturated carbocycles. The molecule has 0 aliphatic heterocycles. The summed E-state index contributed by atoms with van der Waals surface area (Å²) in [4.78, 5) is 12.4. The Morgan fingerprint density at radius 3 is 2.89 bits per heavy atom.